The van der Waals surface area contributed by atoms with Crippen LogP contribution >= 0.6 is 0 Å². The van der Waals surface area contributed by atoms with E-state index in [9.17, 15) is 17.2 Å². The lowest BCUT2D eigenvalue weighted by Gasteiger charge is -2.34. The van der Waals surface area contributed by atoms with Crippen LogP contribution in [0.5, 0.6) is 0 Å². The largest absolute Gasteiger partial charge is 0.250 e. The third-order valence-electron chi connectivity index (χ3n) is 3.47. The summed E-state index contributed by atoms with van der Waals surface area (Å²) in [7, 11) is -3.76. The highest BCUT2D eigenvalue weighted by Gasteiger charge is 2.51. The van der Waals surface area contributed by atoms with Gasteiger partial charge in [0.05, 0.1) is 29.4 Å². The number of para-hydroxylation sites is 1. The van der Waals surface area contributed by atoms with Crippen molar-refractivity contribution in [3.63, 3.8) is 0 Å². The highest BCUT2D eigenvalue weighted by molar-refractivity contribution is 7.90. The number of nitrogens with one attached hydrogen (secondary N) is 1. The maximum atomic E-state index is 12.8. The average Bonchev–Trinajstić information content (AvgIpc) is 2.93. The molecule has 1 aromatic heterocycles. The summed E-state index contributed by atoms with van der Waals surface area (Å²) in [5, 5.41) is 7.15. The highest BCUT2D eigenvalue weighted by Crippen LogP contribution is 2.40. The van der Waals surface area contributed by atoms with Gasteiger partial charge in [-0.3, -0.25) is 0 Å². The smallest absolute Gasteiger partial charge is 0.212 e. The van der Waals surface area contributed by atoms with E-state index in [1.54, 1.807) is 0 Å². The molecule has 9 heteroatoms. The zero-order valence-corrected chi connectivity index (χ0v) is 12.3. The molecule has 0 bridgehead atoms. The average molecular weight is 328 g/mol. The van der Waals surface area contributed by atoms with Crippen molar-refractivity contribution in [3.05, 3.63) is 42.2 Å². The lowest BCUT2D eigenvalue weighted by molar-refractivity contribution is -0.0687. The first kappa shape index (κ1) is 15.0. The van der Waals surface area contributed by atoms with Crippen LogP contribution in [0.15, 0.2) is 36.5 Å². The summed E-state index contributed by atoms with van der Waals surface area (Å²) in [6, 6.07) is 9.14. The van der Waals surface area contributed by atoms with E-state index in [0.717, 1.165) is 5.69 Å². The number of hydrogen-bond donors (Lipinski definition) is 1. The van der Waals surface area contributed by atoms with Crippen LogP contribution in [0.3, 0.4) is 0 Å². The molecule has 0 spiro atoms. The van der Waals surface area contributed by atoms with Gasteiger partial charge in [-0.15, -0.1) is 0 Å². The highest BCUT2D eigenvalue weighted by atomic mass is 32.2. The van der Waals surface area contributed by atoms with E-state index in [1.165, 1.54) is 11.0 Å². The van der Waals surface area contributed by atoms with Gasteiger partial charge in [0, 0.05) is 12.8 Å². The van der Waals surface area contributed by atoms with E-state index in [4.69, 9.17) is 0 Å². The van der Waals surface area contributed by atoms with Crippen LogP contribution in [-0.2, 0) is 16.6 Å². The van der Waals surface area contributed by atoms with Crippen LogP contribution in [0.25, 0.3) is 5.69 Å². The van der Waals surface area contributed by atoms with Crippen molar-refractivity contribution in [1.82, 2.24) is 19.7 Å². The molecule has 3 rings (SSSR count). The summed E-state index contributed by atoms with van der Waals surface area (Å²) in [5.41, 5.74) is 1.16. The van der Waals surface area contributed by atoms with Crippen LogP contribution in [0.4, 0.5) is 8.78 Å². The molecule has 0 unspecified atom stereocenters. The van der Waals surface area contributed by atoms with Gasteiger partial charge in [0.25, 0.3) is 5.92 Å². The van der Waals surface area contributed by atoms with E-state index in [-0.39, 0.29) is 6.54 Å². The van der Waals surface area contributed by atoms with Gasteiger partial charge in [-0.2, -0.15) is 15.0 Å². The molecule has 0 saturated heterocycles. The Morgan fingerprint density at radius 3 is 2.59 bits per heavy atom. The minimum atomic E-state index is -3.76. The number of hydrogen-bond acceptors (Lipinski definition) is 4. The van der Waals surface area contributed by atoms with Gasteiger partial charge in [0.1, 0.15) is 0 Å². The van der Waals surface area contributed by atoms with Gasteiger partial charge in [-0.25, -0.2) is 21.9 Å². The molecular formula is C13H14F2N4O2S. The van der Waals surface area contributed by atoms with Gasteiger partial charge >= 0.3 is 0 Å². The van der Waals surface area contributed by atoms with Crippen LogP contribution in [0, 0.1) is 0 Å². The van der Waals surface area contributed by atoms with Crippen molar-refractivity contribution in [2.45, 2.75) is 30.6 Å². The quantitative estimate of drug-likeness (QED) is 0.902. The van der Waals surface area contributed by atoms with Crippen molar-refractivity contribution < 1.29 is 17.2 Å². The second-order valence-corrected chi connectivity index (χ2v) is 7.26. The molecule has 1 aliphatic rings. The Balaban J connectivity index is 1.62. The number of rotatable bonds is 5. The third kappa shape index (κ3) is 3.14. The molecule has 0 radical (unpaired) electrons. The van der Waals surface area contributed by atoms with Gasteiger partial charge in [-0.05, 0) is 12.1 Å². The molecular weight excluding hydrogens is 314 g/mol. The minimum Gasteiger partial charge on any atom is -0.212 e. The van der Waals surface area contributed by atoms with Crippen molar-refractivity contribution in [1.29, 1.82) is 0 Å². The zero-order valence-electron chi connectivity index (χ0n) is 11.5. The molecule has 1 N–H and O–H groups in total. The third-order valence-corrected chi connectivity index (χ3v) is 5.23. The first-order valence-electron chi connectivity index (χ1n) is 6.69. The second kappa shape index (κ2) is 5.40. The standard InChI is InChI=1S/C13H14F2N4O2S/c14-13(15)6-12(7-13)22(20,21)17-9-10-8-16-19(18-10)11-4-2-1-3-5-11/h1-5,8,12,17H,6-7,9H2. The maximum absolute atomic E-state index is 12.8. The van der Waals surface area contributed by atoms with E-state index in [0.29, 0.717) is 5.69 Å². The fourth-order valence-electron chi connectivity index (χ4n) is 2.18. The summed E-state index contributed by atoms with van der Waals surface area (Å²) in [5.74, 6) is -2.87. The molecule has 6 nitrogen and oxygen atoms in total. The van der Waals surface area contributed by atoms with E-state index in [1.807, 2.05) is 30.3 Å². The van der Waals surface area contributed by atoms with Crippen LogP contribution in [-0.4, -0.2) is 34.6 Å². The van der Waals surface area contributed by atoms with Gasteiger partial charge < -0.3 is 0 Å². The zero-order chi connectivity index (χ0) is 15.8. The second-order valence-electron chi connectivity index (χ2n) is 5.21. The Kier molecular flexibility index (Phi) is 3.69. The van der Waals surface area contributed by atoms with Crippen molar-refractivity contribution in [3.8, 4) is 5.69 Å². The number of aromatic nitrogens is 3. The van der Waals surface area contributed by atoms with E-state index >= 15 is 0 Å². The lowest BCUT2D eigenvalue weighted by Crippen LogP contribution is -2.48. The Morgan fingerprint density at radius 1 is 1.27 bits per heavy atom. The maximum Gasteiger partial charge on any atom is 0.250 e. The molecule has 0 aliphatic heterocycles. The van der Waals surface area contributed by atoms with Gasteiger partial charge in [0.2, 0.25) is 10.0 Å². The fraction of sp³-hybridized carbons (Fsp3) is 0.385. The Hall–Kier alpha value is -1.87. The summed E-state index contributed by atoms with van der Waals surface area (Å²) < 4.78 is 51.5. The van der Waals surface area contributed by atoms with Crippen LogP contribution in [0.1, 0.15) is 18.5 Å². The number of alkyl halides is 2. The van der Waals surface area contributed by atoms with E-state index < -0.39 is 34.0 Å². The summed E-state index contributed by atoms with van der Waals surface area (Å²) in [4.78, 5) is 1.38. The number of halogens is 2. The number of sulfonamides is 1. The monoisotopic (exact) mass is 328 g/mol. The minimum absolute atomic E-state index is 0.0722. The summed E-state index contributed by atoms with van der Waals surface area (Å²) in [6.07, 6.45) is 0.184. The molecule has 0 atom stereocenters. The van der Waals surface area contributed by atoms with Crippen molar-refractivity contribution >= 4 is 10.0 Å². The molecule has 1 aromatic carbocycles. The molecule has 1 saturated carbocycles. The molecule has 2 aromatic rings. The molecule has 1 heterocycles. The molecule has 118 valence electrons. The SMILES string of the molecule is O=S(=O)(NCc1cnn(-c2ccccc2)n1)C1CC(F)(F)C1. The van der Waals surface area contributed by atoms with Crippen LogP contribution in [0.2, 0.25) is 0 Å². The molecule has 0 amide bonds. The molecule has 1 fully saturated rings. The topological polar surface area (TPSA) is 76.9 Å². The van der Waals surface area contributed by atoms with Crippen molar-refractivity contribution in [2.75, 3.05) is 0 Å². The van der Waals surface area contributed by atoms with Crippen molar-refractivity contribution in [2.24, 2.45) is 0 Å². The first-order chi connectivity index (χ1) is 10.4. The van der Waals surface area contributed by atoms with Gasteiger partial charge in [-0.1, -0.05) is 18.2 Å². The number of nitrogens with zero attached hydrogens (tertiary/aromatic N) is 3. The Morgan fingerprint density at radius 2 is 1.95 bits per heavy atom. The normalized spacial score (nSPS) is 18.1. The molecule has 1 aliphatic carbocycles. The summed E-state index contributed by atoms with van der Waals surface area (Å²) in [6.45, 7) is -0.0722. The first-order valence-corrected chi connectivity index (χ1v) is 8.23. The summed E-state index contributed by atoms with van der Waals surface area (Å²) >= 11 is 0. The lowest BCUT2D eigenvalue weighted by atomic mass is 9.94. The predicted molar refractivity (Wildman–Crippen MR) is 75.1 cm³/mol. The Labute approximate surface area is 126 Å². The fourth-order valence-corrected chi connectivity index (χ4v) is 3.69. The Bertz CT molecular complexity index is 753. The van der Waals surface area contributed by atoms with Gasteiger partial charge in [0.15, 0.2) is 0 Å². The van der Waals surface area contributed by atoms with E-state index in [2.05, 4.69) is 14.9 Å². The van der Waals surface area contributed by atoms with Crippen LogP contribution < -0.4 is 4.72 Å². The number of benzene rings is 1. The molecule has 22 heavy (non-hydrogen) atoms. The predicted octanol–water partition coefficient (Wildman–Crippen LogP) is 1.48.